The van der Waals surface area contributed by atoms with Crippen molar-refractivity contribution in [3.8, 4) is 22.8 Å². The van der Waals surface area contributed by atoms with Gasteiger partial charge < -0.3 is 19.4 Å². The molecule has 0 aliphatic rings. The smallest absolute Gasteiger partial charge is 0.277 e. The quantitative estimate of drug-likeness (QED) is 0.498. The van der Waals surface area contributed by atoms with E-state index in [1.807, 2.05) is 48.5 Å². The molecule has 1 N–H and O–H groups in total. The van der Waals surface area contributed by atoms with Crippen LogP contribution in [0, 0.1) is 0 Å². The molecule has 0 radical (unpaired) electrons. The molecule has 8 heteroatoms. The normalized spacial score (nSPS) is 10.8. The van der Waals surface area contributed by atoms with Crippen molar-refractivity contribution in [2.45, 2.75) is 13.1 Å². The molecule has 8 nitrogen and oxygen atoms in total. The first-order valence-corrected chi connectivity index (χ1v) is 9.70. The lowest BCUT2D eigenvalue weighted by molar-refractivity contribution is -0.121. The fraction of sp³-hybridized carbons (Fsp3) is 0.174. The van der Waals surface area contributed by atoms with Gasteiger partial charge in [0.15, 0.2) is 0 Å². The Hall–Kier alpha value is -4.07. The van der Waals surface area contributed by atoms with Gasteiger partial charge in [0.1, 0.15) is 23.6 Å². The van der Waals surface area contributed by atoms with E-state index in [-0.39, 0.29) is 18.0 Å². The van der Waals surface area contributed by atoms with Crippen molar-refractivity contribution in [1.82, 2.24) is 19.5 Å². The van der Waals surface area contributed by atoms with Crippen LogP contribution in [0.1, 0.15) is 5.56 Å². The number of amides is 1. The molecule has 2 heterocycles. The van der Waals surface area contributed by atoms with E-state index in [9.17, 15) is 9.59 Å². The van der Waals surface area contributed by atoms with Gasteiger partial charge >= 0.3 is 0 Å². The van der Waals surface area contributed by atoms with Crippen LogP contribution < -0.4 is 20.3 Å². The van der Waals surface area contributed by atoms with E-state index in [0.717, 1.165) is 22.6 Å². The third-order valence-corrected chi connectivity index (χ3v) is 4.93. The van der Waals surface area contributed by atoms with Crippen LogP contribution in [0.3, 0.4) is 0 Å². The summed E-state index contributed by atoms with van der Waals surface area (Å²) in [5.41, 5.74) is 2.56. The Labute approximate surface area is 178 Å². The van der Waals surface area contributed by atoms with E-state index in [0.29, 0.717) is 17.8 Å². The SMILES string of the molecule is COc1ccc(-c2cc3c(=O)n(CC(=O)NCc4cccc(OC)c4)ccn3n2)cc1. The highest BCUT2D eigenvalue weighted by molar-refractivity contribution is 5.76. The summed E-state index contributed by atoms with van der Waals surface area (Å²) in [6, 6.07) is 16.6. The maximum Gasteiger partial charge on any atom is 0.277 e. The van der Waals surface area contributed by atoms with Gasteiger partial charge in [0.05, 0.1) is 19.9 Å². The molecule has 2 aromatic heterocycles. The Morgan fingerprint density at radius 2 is 1.77 bits per heavy atom. The van der Waals surface area contributed by atoms with Gasteiger partial charge in [-0.1, -0.05) is 12.1 Å². The van der Waals surface area contributed by atoms with E-state index in [4.69, 9.17) is 9.47 Å². The molecule has 1 amide bonds. The van der Waals surface area contributed by atoms with Crippen molar-refractivity contribution in [2.24, 2.45) is 0 Å². The molecule has 0 spiro atoms. The zero-order valence-corrected chi connectivity index (χ0v) is 17.2. The summed E-state index contributed by atoms with van der Waals surface area (Å²) in [6.45, 7) is 0.268. The number of hydrogen-bond acceptors (Lipinski definition) is 5. The highest BCUT2D eigenvalue weighted by Gasteiger charge is 2.11. The lowest BCUT2D eigenvalue weighted by Crippen LogP contribution is -2.32. The summed E-state index contributed by atoms with van der Waals surface area (Å²) in [7, 11) is 3.20. The number of rotatable bonds is 7. The summed E-state index contributed by atoms with van der Waals surface area (Å²) >= 11 is 0. The number of nitrogens with one attached hydrogen (secondary N) is 1. The second-order valence-corrected chi connectivity index (χ2v) is 6.95. The Morgan fingerprint density at radius 1 is 1.00 bits per heavy atom. The summed E-state index contributed by atoms with van der Waals surface area (Å²) < 4.78 is 13.3. The molecule has 0 aliphatic carbocycles. The standard InChI is InChI=1S/C23H22N4O4/c1-30-18-8-6-17(7-9-18)20-13-21-23(29)26(10-11-27(21)25-20)15-22(28)24-14-16-4-3-5-19(12-16)31-2/h3-13H,14-15H2,1-2H3,(H,24,28). The average Bonchev–Trinajstić information content (AvgIpc) is 3.25. The van der Waals surface area contributed by atoms with Crippen LogP contribution in [0.15, 0.2) is 71.8 Å². The van der Waals surface area contributed by atoms with E-state index >= 15 is 0 Å². The molecule has 0 aliphatic heterocycles. The number of ether oxygens (including phenoxy) is 2. The monoisotopic (exact) mass is 418 g/mol. The van der Waals surface area contributed by atoms with Crippen molar-refractivity contribution in [2.75, 3.05) is 14.2 Å². The minimum absolute atomic E-state index is 0.0810. The number of carbonyl (C=O) groups is 1. The maximum atomic E-state index is 12.9. The van der Waals surface area contributed by atoms with Crippen molar-refractivity contribution < 1.29 is 14.3 Å². The van der Waals surface area contributed by atoms with Gasteiger partial charge in [0, 0.05) is 24.5 Å². The summed E-state index contributed by atoms with van der Waals surface area (Å²) in [6.07, 6.45) is 3.23. The van der Waals surface area contributed by atoms with Crippen LogP contribution in [0.4, 0.5) is 0 Å². The molecular formula is C23H22N4O4. The molecule has 0 bridgehead atoms. The molecule has 4 rings (SSSR count). The minimum Gasteiger partial charge on any atom is -0.497 e. The lowest BCUT2D eigenvalue weighted by atomic mass is 10.1. The van der Waals surface area contributed by atoms with Crippen LogP contribution in [-0.4, -0.2) is 34.3 Å². The number of benzene rings is 2. The van der Waals surface area contributed by atoms with Crippen molar-refractivity contribution in [3.05, 3.63) is 82.9 Å². The Bertz CT molecular complexity index is 1270. The number of hydrogen-bond donors (Lipinski definition) is 1. The zero-order valence-electron chi connectivity index (χ0n) is 17.2. The number of methoxy groups -OCH3 is 2. The van der Waals surface area contributed by atoms with E-state index < -0.39 is 0 Å². The number of nitrogens with zero attached hydrogens (tertiary/aromatic N) is 3. The fourth-order valence-electron chi connectivity index (χ4n) is 3.25. The topological polar surface area (TPSA) is 86.9 Å². The van der Waals surface area contributed by atoms with Gasteiger partial charge in [-0.2, -0.15) is 5.10 Å². The van der Waals surface area contributed by atoms with Gasteiger partial charge in [-0.05, 0) is 48.0 Å². The van der Waals surface area contributed by atoms with Gasteiger partial charge in [-0.25, -0.2) is 4.52 Å². The Kier molecular flexibility index (Phi) is 5.70. The summed E-state index contributed by atoms with van der Waals surface area (Å²) in [5, 5.41) is 7.29. The molecule has 0 atom stereocenters. The highest BCUT2D eigenvalue weighted by Crippen LogP contribution is 2.21. The lowest BCUT2D eigenvalue weighted by Gasteiger charge is -2.08. The highest BCUT2D eigenvalue weighted by atomic mass is 16.5. The largest absolute Gasteiger partial charge is 0.497 e. The first-order valence-electron chi connectivity index (χ1n) is 9.70. The Balaban J connectivity index is 1.49. The molecular weight excluding hydrogens is 396 g/mol. The Morgan fingerprint density at radius 3 is 2.52 bits per heavy atom. The molecule has 0 fully saturated rings. The molecule has 4 aromatic rings. The second-order valence-electron chi connectivity index (χ2n) is 6.95. The van der Waals surface area contributed by atoms with E-state index in [2.05, 4.69) is 10.4 Å². The van der Waals surface area contributed by atoms with Gasteiger partial charge in [0.2, 0.25) is 5.91 Å². The predicted molar refractivity (Wildman–Crippen MR) is 116 cm³/mol. The average molecular weight is 418 g/mol. The molecule has 158 valence electrons. The fourth-order valence-corrected chi connectivity index (χ4v) is 3.25. The van der Waals surface area contributed by atoms with Crippen molar-refractivity contribution in [1.29, 1.82) is 0 Å². The van der Waals surface area contributed by atoms with Crippen LogP contribution in [0.2, 0.25) is 0 Å². The van der Waals surface area contributed by atoms with Crippen molar-refractivity contribution in [3.63, 3.8) is 0 Å². The van der Waals surface area contributed by atoms with Crippen molar-refractivity contribution >= 4 is 11.4 Å². The number of aromatic nitrogens is 3. The van der Waals surface area contributed by atoms with Crippen LogP contribution in [0.25, 0.3) is 16.8 Å². The molecule has 0 saturated heterocycles. The van der Waals surface area contributed by atoms with E-state index in [1.165, 1.54) is 9.08 Å². The molecule has 0 saturated carbocycles. The zero-order chi connectivity index (χ0) is 21.8. The first-order chi connectivity index (χ1) is 15.1. The molecule has 31 heavy (non-hydrogen) atoms. The summed E-state index contributed by atoms with van der Waals surface area (Å²) in [5.74, 6) is 1.21. The van der Waals surface area contributed by atoms with Crippen LogP contribution in [0.5, 0.6) is 11.5 Å². The van der Waals surface area contributed by atoms with Gasteiger partial charge in [-0.3, -0.25) is 9.59 Å². The number of fused-ring (bicyclic) bond motifs is 1. The van der Waals surface area contributed by atoms with Gasteiger partial charge in [-0.15, -0.1) is 0 Å². The van der Waals surface area contributed by atoms with Gasteiger partial charge in [0.25, 0.3) is 5.56 Å². The minimum atomic E-state index is -0.286. The predicted octanol–water partition coefficient (Wildman–Crippen LogP) is 2.50. The first kappa shape index (κ1) is 20.2. The molecule has 2 aromatic carbocycles. The summed E-state index contributed by atoms with van der Waals surface area (Å²) in [4.78, 5) is 25.2. The maximum absolute atomic E-state index is 12.9. The molecule has 0 unspecified atom stereocenters. The number of carbonyl (C=O) groups excluding carboxylic acids is 1. The van der Waals surface area contributed by atoms with E-state index in [1.54, 1.807) is 32.7 Å². The van der Waals surface area contributed by atoms with Crippen LogP contribution >= 0.6 is 0 Å². The third-order valence-electron chi connectivity index (χ3n) is 4.93. The third kappa shape index (κ3) is 4.42. The second kappa shape index (κ2) is 8.74. The van der Waals surface area contributed by atoms with Crippen LogP contribution in [-0.2, 0) is 17.9 Å².